The van der Waals surface area contributed by atoms with E-state index in [1.165, 1.54) is 21.9 Å². The lowest BCUT2D eigenvalue weighted by Crippen LogP contribution is -2.04. The highest BCUT2D eigenvalue weighted by atomic mass is 79.9. The Morgan fingerprint density at radius 2 is 1.57 bits per heavy atom. The summed E-state index contributed by atoms with van der Waals surface area (Å²) in [7, 11) is 0. The molecule has 0 bridgehead atoms. The Kier molecular flexibility index (Phi) is 4.62. The maximum atomic E-state index is 5.99. The van der Waals surface area contributed by atoms with E-state index in [0.717, 1.165) is 16.8 Å². The zero-order valence-electron chi connectivity index (χ0n) is 11.6. The van der Waals surface area contributed by atoms with Gasteiger partial charge >= 0.3 is 0 Å². The maximum absolute atomic E-state index is 5.99. The number of hydrogen-bond acceptors (Lipinski definition) is 0. The molecule has 0 aliphatic carbocycles. The first-order chi connectivity index (χ1) is 10.3. The van der Waals surface area contributed by atoms with Crippen LogP contribution in [0.3, 0.4) is 0 Å². The van der Waals surface area contributed by atoms with Crippen LogP contribution in [0.2, 0.25) is 5.02 Å². The van der Waals surface area contributed by atoms with Crippen molar-refractivity contribution in [1.29, 1.82) is 0 Å². The third-order valence-electron chi connectivity index (χ3n) is 3.87. The van der Waals surface area contributed by atoms with E-state index in [-0.39, 0.29) is 0 Å². The molecule has 0 spiro atoms. The molecule has 0 aliphatic heterocycles. The first-order valence-corrected chi connectivity index (χ1v) is 8.56. The molecule has 0 radical (unpaired) electrons. The molecule has 0 aromatic heterocycles. The molecule has 3 aromatic carbocycles. The fourth-order valence-corrected chi connectivity index (χ4v) is 3.46. The fourth-order valence-electron chi connectivity index (χ4n) is 2.73. The van der Waals surface area contributed by atoms with Gasteiger partial charge in [-0.3, -0.25) is 0 Å². The lowest BCUT2D eigenvalue weighted by Gasteiger charge is -2.16. The summed E-state index contributed by atoms with van der Waals surface area (Å²) >= 11 is 9.65. The van der Waals surface area contributed by atoms with Crippen molar-refractivity contribution in [2.24, 2.45) is 0 Å². The van der Waals surface area contributed by atoms with Crippen LogP contribution in [-0.2, 0) is 6.42 Å². The van der Waals surface area contributed by atoms with Crippen LogP contribution in [0.4, 0.5) is 0 Å². The number of halogens is 2. The molecule has 0 amide bonds. The molecule has 3 aromatic rings. The Bertz CT molecular complexity index is 729. The van der Waals surface area contributed by atoms with Crippen LogP contribution >= 0.6 is 27.5 Å². The predicted molar refractivity (Wildman–Crippen MR) is 95.6 cm³/mol. The third kappa shape index (κ3) is 3.30. The Balaban J connectivity index is 1.94. The summed E-state index contributed by atoms with van der Waals surface area (Å²) in [5.74, 6) is 0.452. The van der Waals surface area contributed by atoms with Gasteiger partial charge in [0.05, 0.1) is 0 Å². The van der Waals surface area contributed by atoms with Gasteiger partial charge in [-0.1, -0.05) is 82.1 Å². The molecule has 2 heteroatoms. The summed E-state index contributed by atoms with van der Waals surface area (Å²) < 4.78 is 0. The standard InChI is InChI=1S/C19H16BrCl/c20-13-17(14-8-10-18(21)11-9-14)12-16-6-3-5-15-4-1-2-7-19(15)16/h1-11,17H,12-13H2. The molecule has 0 nitrogen and oxygen atoms in total. The van der Waals surface area contributed by atoms with Gasteiger partial charge in [0.2, 0.25) is 0 Å². The van der Waals surface area contributed by atoms with Crippen molar-refractivity contribution in [2.45, 2.75) is 12.3 Å². The lowest BCUT2D eigenvalue weighted by atomic mass is 9.91. The van der Waals surface area contributed by atoms with Crippen LogP contribution in [0.5, 0.6) is 0 Å². The van der Waals surface area contributed by atoms with E-state index in [2.05, 4.69) is 70.5 Å². The summed E-state index contributed by atoms with van der Waals surface area (Å²) in [6, 6.07) is 23.3. The van der Waals surface area contributed by atoms with Gasteiger partial charge in [0.25, 0.3) is 0 Å². The summed E-state index contributed by atoms with van der Waals surface area (Å²) in [5.41, 5.74) is 2.72. The van der Waals surface area contributed by atoms with Crippen molar-refractivity contribution >= 4 is 38.3 Å². The zero-order chi connectivity index (χ0) is 14.7. The van der Waals surface area contributed by atoms with E-state index in [1.807, 2.05) is 12.1 Å². The Morgan fingerprint density at radius 3 is 2.33 bits per heavy atom. The van der Waals surface area contributed by atoms with Crippen molar-refractivity contribution in [1.82, 2.24) is 0 Å². The number of benzene rings is 3. The average molecular weight is 360 g/mol. The van der Waals surface area contributed by atoms with E-state index >= 15 is 0 Å². The number of hydrogen-bond donors (Lipinski definition) is 0. The normalized spacial score (nSPS) is 12.5. The second-order valence-corrected chi connectivity index (χ2v) is 6.33. The summed E-state index contributed by atoms with van der Waals surface area (Å²) in [6.07, 6.45) is 1.02. The molecule has 0 saturated heterocycles. The fraction of sp³-hybridized carbons (Fsp3) is 0.158. The van der Waals surface area contributed by atoms with Gasteiger partial charge in [0.1, 0.15) is 0 Å². The minimum absolute atomic E-state index is 0.452. The van der Waals surface area contributed by atoms with E-state index < -0.39 is 0 Å². The first kappa shape index (κ1) is 14.6. The van der Waals surface area contributed by atoms with Crippen LogP contribution in [0, 0.1) is 0 Å². The second-order valence-electron chi connectivity index (χ2n) is 5.25. The highest BCUT2D eigenvalue weighted by Crippen LogP contribution is 2.28. The van der Waals surface area contributed by atoms with Crippen molar-refractivity contribution in [3.63, 3.8) is 0 Å². The molecular weight excluding hydrogens is 344 g/mol. The van der Waals surface area contributed by atoms with Crippen molar-refractivity contribution in [2.75, 3.05) is 5.33 Å². The van der Waals surface area contributed by atoms with E-state index in [9.17, 15) is 0 Å². The molecule has 1 atom stereocenters. The minimum Gasteiger partial charge on any atom is -0.0921 e. The number of fused-ring (bicyclic) bond motifs is 1. The largest absolute Gasteiger partial charge is 0.0921 e. The molecule has 3 rings (SSSR count). The van der Waals surface area contributed by atoms with Gasteiger partial charge in [0.15, 0.2) is 0 Å². The second kappa shape index (κ2) is 6.64. The van der Waals surface area contributed by atoms with Crippen LogP contribution in [0.15, 0.2) is 66.7 Å². The molecule has 0 saturated carbocycles. The molecule has 0 aliphatic rings. The number of rotatable bonds is 4. The van der Waals surface area contributed by atoms with Gasteiger partial charge in [-0.25, -0.2) is 0 Å². The van der Waals surface area contributed by atoms with Gasteiger partial charge in [0, 0.05) is 10.4 Å². The monoisotopic (exact) mass is 358 g/mol. The van der Waals surface area contributed by atoms with Gasteiger partial charge in [-0.05, 0) is 46.4 Å². The Hall–Kier alpha value is -1.31. The molecule has 21 heavy (non-hydrogen) atoms. The van der Waals surface area contributed by atoms with Gasteiger partial charge in [-0.2, -0.15) is 0 Å². The van der Waals surface area contributed by atoms with Gasteiger partial charge in [-0.15, -0.1) is 0 Å². The zero-order valence-corrected chi connectivity index (χ0v) is 13.9. The molecule has 0 fully saturated rings. The lowest BCUT2D eigenvalue weighted by molar-refractivity contribution is 0.780. The van der Waals surface area contributed by atoms with Crippen molar-refractivity contribution < 1.29 is 0 Å². The Labute approximate surface area is 138 Å². The SMILES string of the molecule is Clc1ccc(C(CBr)Cc2cccc3ccccc23)cc1. The summed E-state index contributed by atoms with van der Waals surface area (Å²) in [6.45, 7) is 0. The van der Waals surface area contributed by atoms with E-state index in [4.69, 9.17) is 11.6 Å². The van der Waals surface area contributed by atoms with Crippen molar-refractivity contribution in [3.05, 3.63) is 82.9 Å². The van der Waals surface area contributed by atoms with Crippen molar-refractivity contribution in [3.8, 4) is 0 Å². The topological polar surface area (TPSA) is 0 Å². The minimum atomic E-state index is 0.452. The summed E-state index contributed by atoms with van der Waals surface area (Å²) in [5, 5.41) is 4.38. The highest BCUT2D eigenvalue weighted by Gasteiger charge is 2.12. The van der Waals surface area contributed by atoms with Crippen LogP contribution in [0.1, 0.15) is 17.0 Å². The predicted octanol–water partition coefficient (Wildman–Crippen LogP) is 6.21. The average Bonchev–Trinajstić information content (AvgIpc) is 2.54. The van der Waals surface area contributed by atoms with Crippen LogP contribution in [0.25, 0.3) is 10.8 Å². The number of alkyl halides is 1. The third-order valence-corrected chi connectivity index (χ3v) is 4.91. The Morgan fingerprint density at radius 1 is 0.857 bits per heavy atom. The molecule has 106 valence electrons. The van der Waals surface area contributed by atoms with E-state index in [0.29, 0.717) is 5.92 Å². The molecule has 0 N–H and O–H groups in total. The molecule has 1 unspecified atom stereocenters. The van der Waals surface area contributed by atoms with Crippen LogP contribution < -0.4 is 0 Å². The maximum Gasteiger partial charge on any atom is 0.0406 e. The summed E-state index contributed by atoms with van der Waals surface area (Å²) in [4.78, 5) is 0. The quantitative estimate of drug-likeness (QED) is 0.485. The van der Waals surface area contributed by atoms with E-state index in [1.54, 1.807) is 0 Å². The molecular formula is C19H16BrCl. The smallest absolute Gasteiger partial charge is 0.0406 e. The molecule has 0 heterocycles. The van der Waals surface area contributed by atoms with Gasteiger partial charge < -0.3 is 0 Å². The first-order valence-electron chi connectivity index (χ1n) is 7.06. The van der Waals surface area contributed by atoms with Crippen LogP contribution in [-0.4, -0.2) is 5.33 Å². The highest BCUT2D eigenvalue weighted by molar-refractivity contribution is 9.09.